The lowest BCUT2D eigenvalue weighted by Crippen LogP contribution is -2.22. The van der Waals surface area contributed by atoms with E-state index in [9.17, 15) is 9.59 Å². The Bertz CT molecular complexity index is 367. The standard InChI is InChI=1S/C22H42N2O2/c1-2-3-4-5-6-7-8-9-10-11-12-13-14-15-16-17-20-24-22(26)19-18-21(23)25/h18-19H,2-17,20H2,1H3,(H2,23,25)(H,24,26)/b19-18-. The van der Waals surface area contributed by atoms with E-state index < -0.39 is 5.91 Å². The first-order valence-corrected chi connectivity index (χ1v) is 10.9. The van der Waals surface area contributed by atoms with E-state index in [0.29, 0.717) is 6.54 Å². The summed E-state index contributed by atoms with van der Waals surface area (Å²) in [6, 6.07) is 0. The maximum absolute atomic E-state index is 11.3. The molecule has 0 aromatic rings. The number of hydrogen-bond donors (Lipinski definition) is 2. The number of amides is 2. The molecular formula is C22H42N2O2. The first kappa shape index (κ1) is 24.7. The van der Waals surface area contributed by atoms with Gasteiger partial charge in [-0.1, -0.05) is 103 Å². The largest absolute Gasteiger partial charge is 0.366 e. The fraction of sp³-hybridized carbons (Fsp3) is 0.818. The Kier molecular flexibility index (Phi) is 19.0. The Morgan fingerprint density at radius 1 is 0.654 bits per heavy atom. The van der Waals surface area contributed by atoms with Crippen molar-refractivity contribution in [1.82, 2.24) is 5.32 Å². The van der Waals surface area contributed by atoms with Crippen molar-refractivity contribution in [3.05, 3.63) is 12.2 Å². The molecule has 0 saturated carbocycles. The summed E-state index contributed by atoms with van der Waals surface area (Å²) >= 11 is 0. The van der Waals surface area contributed by atoms with Crippen molar-refractivity contribution in [3.8, 4) is 0 Å². The fourth-order valence-corrected chi connectivity index (χ4v) is 3.10. The molecule has 0 spiro atoms. The van der Waals surface area contributed by atoms with Crippen molar-refractivity contribution in [2.45, 2.75) is 110 Å². The molecule has 0 unspecified atom stereocenters. The second kappa shape index (κ2) is 20.0. The molecular weight excluding hydrogens is 324 g/mol. The molecule has 0 bridgehead atoms. The molecule has 0 saturated heterocycles. The van der Waals surface area contributed by atoms with Gasteiger partial charge in [-0.3, -0.25) is 9.59 Å². The van der Waals surface area contributed by atoms with E-state index >= 15 is 0 Å². The highest BCUT2D eigenvalue weighted by atomic mass is 16.2. The lowest BCUT2D eigenvalue weighted by molar-refractivity contribution is -0.117. The highest BCUT2D eigenvalue weighted by Crippen LogP contribution is 2.13. The molecule has 0 heterocycles. The monoisotopic (exact) mass is 366 g/mol. The lowest BCUT2D eigenvalue weighted by Gasteiger charge is -2.04. The van der Waals surface area contributed by atoms with Gasteiger partial charge in [-0.05, 0) is 6.42 Å². The Labute approximate surface area is 161 Å². The normalized spacial score (nSPS) is 11.1. The molecule has 0 aliphatic rings. The van der Waals surface area contributed by atoms with E-state index in [1.165, 1.54) is 96.0 Å². The highest BCUT2D eigenvalue weighted by Gasteiger charge is 1.97. The zero-order chi connectivity index (χ0) is 19.3. The van der Waals surface area contributed by atoms with Gasteiger partial charge in [-0.15, -0.1) is 0 Å². The van der Waals surface area contributed by atoms with Crippen molar-refractivity contribution in [2.24, 2.45) is 5.73 Å². The van der Waals surface area contributed by atoms with Crippen LogP contribution in [-0.2, 0) is 9.59 Å². The van der Waals surface area contributed by atoms with Gasteiger partial charge in [0.1, 0.15) is 0 Å². The molecule has 0 aromatic heterocycles. The van der Waals surface area contributed by atoms with E-state index in [-0.39, 0.29) is 5.91 Å². The minimum Gasteiger partial charge on any atom is -0.366 e. The minimum absolute atomic E-state index is 0.246. The van der Waals surface area contributed by atoms with Crippen LogP contribution in [0, 0.1) is 0 Å². The summed E-state index contributed by atoms with van der Waals surface area (Å²) in [5.41, 5.74) is 4.93. The Balaban J connectivity index is 3.13. The molecule has 3 N–H and O–H groups in total. The maximum Gasteiger partial charge on any atom is 0.244 e. The third-order valence-electron chi connectivity index (χ3n) is 4.73. The van der Waals surface area contributed by atoms with Crippen LogP contribution in [0.2, 0.25) is 0 Å². The van der Waals surface area contributed by atoms with Crippen LogP contribution in [0.4, 0.5) is 0 Å². The number of primary amides is 1. The molecule has 152 valence electrons. The molecule has 0 rings (SSSR count). The van der Waals surface area contributed by atoms with Gasteiger partial charge in [0.2, 0.25) is 11.8 Å². The van der Waals surface area contributed by atoms with Crippen LogP contribution >= 0.6 is 0 Å². The average Bonchev–Trinajstić information content (AvgIpc) is 2.62. The first-order chi connectivity index (χ1) is 12.7. The van der Waals surface area contributed by atoms with Crippen molar-refractivity contribution in [1.29, 1.82) is 0 Å². The topological polar surface area (TPSA) is 72.2 Å². The summed E-state index contributed by atoms with van der Waals surface area (Å²) in [6.07, 6.45) is 23.8. The minimum atomic E-state index is -0.595. The molecule has 0 fully saturated rings. The van der Waals surface area contributed by atoms with Crippen LogP contribution in [0.5, 0.6) is 0 Å². The number of hydrogen-bond acceptors (Lipinski definition) is 2. The smallest absolute Gasteiger partial charge is 0.244 e. The number of carbonyl (C=O) groups excluding carboxylic acids is 2. The molecule has 0 aromatic carbocycles. The highest BCUT2D eigenvalue weighted by molar-refractivity contribution is 5.95. The number of unbranched alkanes of at least 4 members (excludes halogenated alkanes) is 15. The summed E-state index contributed by atoms with van der Waals surface area (Å²) in [5, 5.41) is 2.75. The number of nitrogens with one attached hydrogen (secondary N) is 1. The van der Waals surface area contributed by atoms with E-state index in [1.807, 2.05) is 0 Å². The summed E-state index contributed by atoms with van der Waals surface area (Å²) in [5.74, 6) is -0.840. The summed E-state index contributed by atoms with van der Waals surface area (Å²) in [6.45, 7) is 2.94. The van der Waals surface area contributed by atoms with E-state index in [2.05, 4.69) is 12.2 Å². The van der Waals surface area contributed by atoms with Crippen LogP contribution in [0.3, 0.4) is 0 Å². The van der Waals surface area contributed by atoms with Crippen LogP contribution in [0.25, 0.3) is 0 Å². The zero-order valence-corrected chi connectivity index (χ0v) is 17.1. The maximum atomic E-state index is 11.3. The molecule has 0 atom stereocenters. The fourth-order valence-electron chi connectivity index (χ4n) is 3.10. The van der Waals surface area contributed by atoms with Crippen molar-refractivity contribution >= 4 is 11.8 Å². The predicted molar refractivity (Wildman–Crippen MR) is 111 cm³/mol. The van der Waals surface area contributed by atoms with Crippen LogP contribution in [-0.4, -0.2) is 18.4 Å². The van der Waals surface area contributed by atoms with Crippen LogP contribution in [0.15, 0.2) is 12.2 Å². The molecule has 26 heavy (non-hydrogen) atoms. The number of carbonyl (C=O) groups is 2. The Morgan fingerprint density at radius 2 is 1.04 bits per heavy atom. The Hall–Kier alpha value is -1.32. The van der Waals surface area contributed by atoms with Gasteiger partial charge in [-0.25, -0.2) is 0 Å². The number of rotatable bonds is 19. The SMILES string of the molecule is CCCCCCCCCCCCCCCCCCNC(=O)/C=C\C(N)=O. The van der Waals surface area contributed by atoms with Crippen LogP contribution < -0.4 is 11.1 Å². The van der Waals surface area contributed by atoms with Crippen molar-refractivity contribution in [2.75, 3.05) is 6.54 Å². The van der Waals surface area contributed by atoms with Crippen molar-refractivity contribution < 1.29 is 9.59 Å². The third kappa shape index (κ3) is 20.7. The van der Waals surface area contributed by atoms with Crippen LogP contribution in [0.1, 0.15) is 110 Å². The summed E-state index contributed by atoms with van der Waals surface area (Å²) in [4.78, 5) is 21.8. The van der Waals surface area contributed by atoms with E-state index in [1.54, 1.807) is 0 Å². The van der Waals surface area contributed by atoms with Gasteiger partial charge < -0.3 is 11.1 Å². The average molecular weight is 367 g/mol. The second-order valence-electron chi connectivity index (χ2n) is 7.33. The van der Waals surface area contributed by atoms with E-state index in [0.717, 1.165) is 18.9 Å². The Morgan fingerprint density at radius 3 is 1.42 bits per heavy atom. The summed E-state index contributed by atoms with van der Waals surface area (Å²) < 4.78 is 0. The van der Waals surface area contributed by atoms with Gasteiger partial charge in [0, 0.05) is 18.7 Å². The number of nitrogens with two attached hydrogens (primary N) is 1. The van der Waals surface area contributed by atoms with Crippen molar-refractivity contribution in [3.63, 3.8) is 0 Å². The second-order valence-corrected chi connectivity index (χ2v) is 7.33. The van der Waals surface area contributed by atoms with Gasteiger partial charge in [0.25, 0.3) is 0 Å². The summed E-state index contributed by atoms with van der Waals surface area (Å²) in [7, 11) is 0. The quantitative estimate of drug-likeness (QED) is 0.237. The molecule has 2 amide bonds. The zero-order valence-electron chi connectivity index (χ0n) is 17.1. The van der Waals surface area contributed by atoms with Gasteiger partial charge >= 0.3 is 0 Å². The lowest BCUT2D eigenvalue weighted by atomic mass is 10.0. The molecule has 4 nitrogen and oxygen atoms in total. The molecule has 0 aliphatic heterocycles. The van der Waals surface area contributed by atoms with Gasteiger partial charge in [-0.2, -0.15) is 0 Å². The molecule has 4 heteroatoms. The molecule has 0 aliphatic carbocycles. The predicted octanol–water partition coefficient (Wildman–Crippen LogP) is 5.41. The third-order valence-corrected chi connectivity index (χ3v) is 4.73. The first-order valence-electron chi connectivity index (χ1n) is 10.9. The van der Waals surface area contributed by atoms with Gasteiger partial charge in [0.05, 0.1) is 0 Å². The van der Waals surface area contributed by atoms with E-state index in [4.69, 9.17) is 5.73 Å². The molecule has 0 radical (unpaired) electrons. The van der Waals surface area contributed by atoms with Gasteiger partial charge in [0.15, 0.2) is 0 Å².